The van der Waals surface area contributed by atoms with Crippen molar-refractivity contribution >= 4 is 35.5 Å². The topological polar surface area (TPSA) is 0 Å². The molecule has 3 aromatic carbocycles. The summed E-state index contributed by atoms with van der Waals surface area (Å²) in [6.45, 7) is 0. The first-order valence-corrected chi connectivity index (χ1v) is 8.50. The summed E-state index contributed by atoms with van der Waals surface area (Å²) in [4.78, 5) is 0. The molecule has 0 aromatic heterocycles. The predicted octanol–water partition coefficient (Wildman–Crippen LogP) is 3.66. The van der Waals surface area contributed by atoms with Crippen molar-refractivity contribution in [3.8, 4) is 11.1 Å². The van der Waals surface area contributed by atoms with E-state index in [1.807, 2.05) is 24.3 Å². The summed E-state index contributed by atoms with van der Waals surface area (Å²) in [5.41, 5.74) is 2.46. The molecule has 0 spiro atoms. The molecule has 98 valence electrons. The van der Waals surface area contributed by atoms with Gasteiger partial charge in [0.15, 0.2) is 0 Å². The van der Waals surface area contributed by atoms with E-state index in [-0.39, 0.29) is 15.0 Å². The summed E-state index contributed by atoms with van der Waals surface area (Å²) in [5, 5.41) is 0.857. The normalized spacial score (nSPS) is 10.4. The minimum atomic E-state index is 0.213. The average molecular weight is 344 g/mol. The minimum absolute atomic E-state index is 0.213. The fourth-order valence-corrected chi connectivity index (χ4v) is 4.52. The quantitative estimate of drug-likeness (QED) is 0.637. The first kappa shape index (κ1) is 13.5. The zero-order valence-electron chi connectivity index (χ0n) is 10.8. The summed E-state index contributed by atoms with van der Waals surface area (Å²) < 4.78 is 2.59. The van der Waals surface area contributed by atoms with Crippen molar-refractivity contribution in [3.63, 3.8) is 0 Å². The number of halogens is 1. The molecule has 0 unspecified atom stereocenters. The summed E-state index contributed by atoms with van der Waals surface area (Å²) in [6.07, 6.45) is 0. The Hall–Kier alpha value is -1.53. The van der Waals surface area contributed by atoms with Gasteiger partial charge < -0.3 is 0 Å². The van der Waals surface area contributed by atoms with E-state index in [2.05, 4.69) is 54.6 Å². The van der Waals surface area contributed by atoms with Crippen LogP contribution in [0.1, 0.15) is 0 Å². The first-order valence-electron chi connectivity index (χ1n) is 6.41. The van der Waals surface area contributed by atoms with Crippen molar-refractivity contribution in [1.82, 2.24) is 0 Å². The number of hydrogen-bond acceptors (Lipinski definition) is 0. The van der Waals surface area contributed by atoms with Crippen molar-refractivity contribution in [3.05, 3.63) is 83.9 Å². The van der Waals surface area contributed by atoms with Crippen LogP contribution in [0.5, 0.6) is 0 Å². The Morgan fingerprint density at radius 3 is 2.00 bits per heavy atom. The van der Waals surface area contributed by atoms with E-state index in [9.17, 15) is 0 Å². The van der Waals surface area contributed by atoms with Crippen LogP contribution in [-0.2, 0) is 0 Å². The SMILES string of the molecule is Clc1cccc(-c2ccccc2)c1[Se]c1ccccc1. The molecular formula is C18H13ClSe. The molecule has 0 aliphatic carbocycles. The van der Waals surface area contributed by atoms with Crippen LogP contribution in [0, 0.1) is 0 Å². The van der Waals surface area contributed by atoms with E-state index in [0.29, 0.717) is 0 Å². The second kappa shape index (κ2) is 6.28. The van der Waals surface area contributed by atoms with E-state index >= 15 is 0 Å². The fourth-order valence-electron chi connectivity index (χ4n) is 2.06. The van der Waals surface area contributed by atoms with Crippen molar-refractivity contribution in [2.75, 3.05) is 0 Å². The van der Waals surface area contributed by atoms with E-state index in [1.54, 1.807) is 0 Å². The number of rotatable bonds is 3. The van der Waals surface area contributed by atoms with Crippen LogP contribution in [0.3, 0.4) is 0 Å². The molecule has 0 aliphatic rings. The third-order valence-electron chi connectivity index (χ3n) is 3.01. The molecule has 20 heavy (non-hydrogen) atoms. The van der Waals surface area contributed by atoms with Gasteiger partial charge in [0.05, 0.1) is 0 Å². The molecule has 0 amide bonds. The molecule has 0 radical (unpaired) electrons. The zero-order chi connectivity index (χ0) is 13.8. The van der Waals surface area contributed by atoms with Crippen molar-refractivity contribution in [2.24, 2.45) is 0 Å². The van der Waals surface area contributed by atoms with Gasteiger partial charge in [-0.1, -0.05) is 0 Å². The summed E-state index contributed by atoms with van der Waals surface area (Å²) in [6, 6.07) is 27.1. The molecular weight excluding hydrogens is 331 g/mol. The van der Waals surface area contributed by atoms with Crippen LogP contribution in [-0.4, -0.2) is 15.0 Å². The second-order valence-electron chi connectivity index (χ2n) is 4.40. The van der Waals surface area contributed by atoms with E-state index in [0.717, 1.165) is 5.02 Å². The molecule has 2 heteroatoms. The van der Waals surface area contributed by atoms with Crippen LogP contribution >= 0.6 is 11.6 Å². The Morgan fingerprint density at radius 2 is 1.30 bits per heavy atom. The maximum absolute atomic E-state index is 6.44. The van der Waals surface area contributed by atoms with E-state index < -0.39 is 0 Å². The van der Waals surface area contributed by atoms with Crippen LogP contribution in [0.25, 0.3) is 11.1 Å². The van der Waals surface area contributed by atoms with Crippen molar-refractivity contribution in [1.29, 1.82) is 0 Å². The Balaban J connectivity index is 2.06. The molecule has 0 bridgehead atoms. The van der Waals surface area contributed by atoms with Gasteiger partial charge in [-0.05, 0) is 0 Å². The first-order chi connectivity index (χ1) is 9.84. The summed E-state index contributed by atoms with van der Waals surface area (Å²) >= 11 is 6.66. The molecule has 3 rings (SSSR count). The van der Waals surface area contributed by atoms with Crippen LogP contribution in [0.4, 0.5) is 0 Å². The molecule has 0 saturated heterocycles. The molecule has 0 heterocycles. The third-order valence-corrected chi connectivity index (χ3v) is 6.00. The molecule has 0 N–H and O–H groups in total. The van der Waals surface area contributed by atoms with Gasteiger partial charge in [-0.3, -0.25) is 0 Å². The van der Waals surface area contributed by atoms with Gasteiger partial charge in [-0.15, -0.1) is 0 Å². The van der Waals surface area contributed by atoms with Gasteiger partial charge in [-0.25, -0.2) is 0 Å². The molecule has 0 atom stereocenters. The Bertz CT molecular complexity index is 693. The monoisotopic (exact) mass is 344 g/mol. The Morgan fingerprint density at radius 1 is 0.650 bits per heavy atom. The second-order valence-corrected chi connectivity index (χ2v) is 7.08. The van der Waals surface area contributed by atoms with Crippen LogP contribution < -0.4 is 8.92 Å². The molecule has 0 nitrogen and oxygen atoms in total. The molecule has 0 saturated carbocycles. The Kier molecular flexibility index (Phi) is 4.22. The zero-order valence-corrected chi connectivity index (χ0v) is 13.3. The fraction of sp³-hybridized carbons (Fsp3) is 0. The number of benzene rings is 3. The molecule has 0 aliphatic heterocycles. The van der Waals surface area contributed by atoms with Gasteiger partial charge in [-0.2, -0.15) is 0 Å². The van der Waals surface area contributed by atoms with Crippen molar-refractivity contribution in [2.45, 2.75) is 0 Å². The van der Waals surface area contributed by atoms with Gasteiger partial charge >= 0.3 is 130 Å². The van der Waals surface area contributed by atoms with Gasteiger partial charge in [0.25, 0.3) is 0 Å². The third kappa shape index (κ3) is 2.96. The van der Waals surface area contributed by atoms with Gasteiger partial charge in [0.2, 0.25) is 0 Å². The van der Waals surface area contributed by atoms with E-state index in [1.165, 1.54) is 20.1 Å². The Labute approximate surface area is 130 Å². The summed E-state index contributed by atoms with van der Waals surface area (Å²) in [7, 11) is 0. The number of hydrogen-bond donors (Lipinski definition) is 0. The average Bonchev–Trinajstić information content (AvgIpc) is 2.51. The summed E-state index contributed by atoms with van der Waals surface area (Å²) in [5.74, 6) is 0. The van der Waals surface area contributed by atoms with Crippen molar-refractivity contribution < 1.29 is 0 Å². The maximum atomic E-state index is 6.44. The standard InChI is InChI=1S/C18H13ClSe/c19-17-13-7-12-16(14-8-3-1-4-9-14)18(17)20-15-10-5-2-6-11-15/h1-13H. The predicted molar refractivity (Wildman–Crippen MR) is 88.4 cm³/mol. The van der Waals surface area contributed by atoms with E-state index in [4.69, 9.17) is 11.6 Å². The van der Waals surface area contributed by atoms with Gasteiger partial charge in [0.1, 0.15) is 0 Å². The van der Waals surface area contributed by atoms with Gasteiger partial charge in [0, 0.05) is 0 Å². The molecule has 0 fully saturated rings. The van der Waals surface area contributed by atoms with Crippen LogP contribution in [0.2, 0.25) is 5.02 Å². The van der Waals surface area contributed by atoms with Crippen LogP contribution in [0.15, 0.2) is 78.9 Å². The molecule has 3 aromatic rings.